The predicted octanol–water partition coefficient (Wildman–Crippen LogP) is 3.48. The van der Waals surface area contributed by atoms with Crippen molar-refractivity contribution in [1.82, 2.24) is 10.6 Å². The van der Waals surface area contributed by atoms with Crippen LogP contribution in [0.4, 0.5) is 8.78 Å². The summed E-state index contributed by atoms with van der Waals surface area (Å²) in [7, 11) is 0. The Hall–Kier alpha value is -2.39. The molecule has 1 spiro atoms. The van der Waals surface area contributed by atoms with E-state index in [4.69, 9.17) is 9.47 Å². The van der Waals surface area contributed by atoms with E-state index in [2.05, 4.69) is 22.8 Å². The first-order valence-electron chi connectivity index (χ1n) is 12.2. The molecule has 0 aromatic heterocycles. The van der Waals surface area contributed by atoms with Crippen LogP contribution in [0.2, 0.25) is 0 Å². The normalized spacial score (nSPS) is 20.5. The van der Waals surface area contributed by atoms with Gasteiger partial charge in [-0.3, -0.25) is 4.79 Å². The molecule has 2 fully saturated rings. The number of ether oxygens (including phenoxy) is 2. The van der Waals surface area contributed by atoms with E-state index in [9.17, 15) is 18.7 Å². The van der Waals surface area contributed by atoms with Crippen molar-refractivity contribution in [3.63, 3.8) is 0 Å². The lowest BCUT2D eigenvalue weighted by Crippen LogP contribution is -2.55. The van der Waals surface area contributed by atoms with Gasteiger partial charge in [0.25, 0.3) is 0 Å². The minimum atomic E-state index is -0.984. The van der Waals surface area contributed by atoms with Crippen LogP contribution in [0.3, 0.4) is 0 Å². The second-order valence-electron chi connectivity index (χ2n) is 9.80. The molecule has 2 aliphatic rings. The second-order valence-corrected chi connectivity index (χ2v) is 9.80. The molecule has 35 heavy (non-hydrogen) atoms. The van der Waals surface area contributed by atoms with Gasteiger partial charge in [0.15, 0.2) is 5.79 Å². The molecule has 8 heteroatoms. The minimum absolute atomic E-state index is 0.0966. The summed E-state index contributed by atoms with van der Waals surface area (Å²) >= 11 is 0. The average Bonchev–Trinajstić information content (AvgIpc) is 3.26. The zero-order valence-corrected chi connectivity index (χ0v) is 20.3. The monoisotopic (exact) mass is 488 g/mol. The Morgan fingerprint density at radius 2 is 1.71 bits per heavy atom. The molecule has 2 aromatic carbocycles. The van der Waals surface area contributed by atoms with Crippen LogP contribution in [-0.4, -0.2) is 48.7 Å². The number of amides is 1. The highest BCUT2D eigenvalue weighted by Gasteiger charge is 2.47. The summed E-state index contributed by atoms with van der Waals surface area (Å²) < 4.78 is 39.3. The summed E-state index contributed by atoms with van der Waals surface area (Å²) in [6.45, 7) is 4.79. The highest BCUT2D eigenvalue weighted by atomic mass is 19.1. The first-order chi connectivity index (χ1) is 16.7. The van der Waals surface area contributed by atoms with Crippen LogP contribution < -0.4 is 10.6 Å². The molecule has 0 bridgehead atoms. The predicted molar refractivity (Wildman–Crippen MR) is 128 cm³/mol. The number of rotatable bonds is 8. The number of aliphatic hydroxyl groups is 1. The molecule has 6 nitrogen and oxygen atoms in total. The van der Waals surface area contributed by atoms with Crippen molar-refractivity contribution < 1.29 is 28.2 Å². The molecule has 2 aromatic rings. The fourth-order valence-corrected chi connectivity index (χ4v) is 5.32. The van der Waals surface area contributed by atoms with E-state index in [-0.39, 0.29) is 18.9 Å². The van der Waals surface area contributed by atoms with Gasteiger partial charge in [-0.1, -0.05) is 29.8 Å². The molecule has 190 valence electrons. The Morgan fingerprint density at radius 3 is 2.31 bits per heavy atom. The number of hydrogen-bond donors (Lipinski definition) is 3. The van der Waals surface area contributed by atoms with E-state index >= 15 is 0 Å². The molecule has 1 aliphatic carbocycles. The maximum absolute atomic E-state index is 13.7. The Morgan fingerprint density at radius 1 is 1.06 bits per heavy atom. The lowest BCUT2D eigenvalue weighted by atomic mass is 9.73. The largest absolute Gasteiger partial charge is 0.390 e. The standard InChI is InChI=1S/C27H34F2N2O4/c1-18-4-3-5-21(12-18)26(6-8-27(9-7-26)34-10-11-35-27)30-17-25(33)24(31-19(2)32)15-20-13-22(28)16-23(29)14-20/h3-5,12-14,16,24-25,30,33H,6-11,15,17H2,1-2H3,(H,31,32)/t24-,25+/m0/s1. The lowest BCUT2D eigenvalue weighted by molar-refractivity contribution is -0.187. The average molecular weight is 489 g/mol. The van der Waals surface area contributed by atoms with Gasteiger partial charge in [-0.05, 0) is 49.4 Å². The molecule has 1 heterocycles. The summed E-state index contributed by atoms with van der Waals surface area (Å²) in [6.07, 6.45) is 2.07. The van der Waals surface area contributed by atoms with E-state index in [0.717, 1.165) is 42.9 Å². The van der Waals surface area contributed by atoms with Gasteiger partial charge in [0.2, 0.25) is 5.91 Å². The third-order valence-corrected chi connectivity index (χ3v) is 7.13. The quantitative estimate of drug-likeness (QED) is 0.530. The van der Waals surface area contributed by atoms with Crippen LogP contribution >= 0.6 is 0 Å². The van der Waals surface area contributed by atoms with Crippen molar-refractivity contribution >= 4 is 5.91 Å². The smallest absolute Gasteiger partial charge is 0.217 e. The van der Waals surface area contributed by atoms with Gasteiger partial charge in [0, 0.05) is 37.9 Å². The summed E-state index contributed by atoms with van der Waals surface area (Å²) in [6, 6.07) is 10.8. The summed E-state index contributed by atoms with van der Waals surface area (Å²) in [5.41, 5.74) is 2.23. The van der Waals surface area contributed by atoms with Gasteiger partial charge in [-0.15, -0.1) is 0 Å². The highest BCUT2D eigenvalue weighted by molar-refractivity contribution is 5.73. The van der Waals surface area contributed by atoms with Crippen LogP contribution in [-0.2, 0) is 26.2 Å². The topological polar surface area (TPSA) is 79.8 Å². The number of aryl methyl sites for hydroxylation is 1. The molecule has 1 saturated carbocycles. The number of benzene rings is 2. The summed E-state index contributed by atoms with van der Waals surface area (Å²) in [5, 5.41) is 17.4. The van der Waals surface area contributed by atoms with E-state index in [0.29, 0.717) is 18.8 Å². The first-order valence-corrected chi connectivity index (χ1v) is 12.2. The van der Waals surface area contributed by atoms with Crippen LogP contribution in [0.1, 0.15) is 49.3 Å². The molecule has 1 aliphatic heterocycles. The Kier molecular flexibility index (Phi) is 7.86. The Labute approximate surface area is 205 Å². The molecular formula is C27H34F2N2O4. The number of carbonyl (C=O) groups is 1. The molecule has 3 N–H and O–H groups in total. The second kappa shape index (κ2) is 10.7. The van der Waals surface area contributed by atoms with Crippen LogP contribution in [0.15, 0.2) is 42.5 Å². The van der Waals surface area contributed by atoms with Gasteiger partial charge in [-0.25, -0.2) is 8.78 Å². The van der Waals surface area contributed by atoms with Crippen LogP contribution in [0, 0.1) is 18.6 Å². The highest BCUT2D eigenvalue weighted by Crippen LogP contribution is 2.45. The number of halogens is 2. The van der Waals surface area contributed by atoms with Gasteiger partial charge in [0.05, 0.1) is 25.4 Å². The first kappa shape index (κ1) is 25.7. The summed E-state index contributed by atoms with van der Waals surface area (Å²) in [4.78, 5) is 11.8. The maximum Gasteiger partial charge on any atom is 0.217 e. The van der Waals surface area contributed by atoms with E-state index in [1.807, 2.05) is 19.1 Å². The van der Waals surface area contributed by atoms with Crippen molar-refractivity contribution in [1.29, 1.82) is 0 Å². The van der Waals surface area contributed by atoms with Crippen molar-refractivity contribution in [2.45, 2.75) is 69.4 Å². The van der Waals surface area contributed by atoms with Crippen molar-refractivity contribution in [2.75, 3.05) is 19.8 Å². The number of hydrogen-bond acceptors (Lipinski definition) is 5. The zero-order valence-electron chi connectivity index (χ0n) is 20.3. The van der Waals surface area contributed by atoms with E-state index in [1.165, 1.54) is 19.1 Å². The fourth-order valence-electron chi connectivity index (χ4n) is 5.32. The molecule has 2 atom stereocenters. The van der Waals surface area contributed by atoms with Gasteiger partial charge in [0.1, 0.15) is 11.6 Å². The molecule has 0 unspecified atom stereocenters. The molecule has 0 radical (unpaired) electrons. The maximum atomic E-state index is 13.7. The number of nitrogens with one attached hydrogen (secondary N) is 2. The van der Waals surface area contributed by atoms with Crippen molar-refractivity contribution in [2.24, 2.45) is 0 Å². The molecule has 4 rings (SSSR count). The minimum Gasteiger partial charge on any atom is -0.390 e. The molecule has 1 saturated heterocycles. The van der Waals surface area contributed by atoms with Crippen molar-refractivity contribution in [3.05, 3.63) is 70.8 Å². The van der Waals surface area contributed by atoms with Gasteiger partial charge < -0.3 is 25.2 Å². The zero-order chi connectivity index (χ0) is 25.1. The Bertz CT molecular complexity index is 1010. The SMILES string of the molecule is CC(=O)N[C@@H](Cc1cc(F)cc(F)c1)[C@H](O)CNC1(c2cccc(C)c2)CCC2(CC1)OCCO2. The summed E-state index contributed by atoms with van der Waals surface area (Å²) in [5.74, 6) is -2.25. The van der Waals surface area contributed by atoms with Crippen LogP contribution in [0.5, 0.6) is 0 Å². The third kappa shape index (κ3) is 6.25. The van der Waals surface area contributed by atoms with E-state index in [1.54, 1.807) is 0 Å². The van der Waals surface area contributed by atoms with Crippen LogP contribution in [0.25, 0.3) is 0 Å². The third-order valence-electron chi connectivity index (χ3n) is 7.13. The van der Waals surface area contributed by atoms with Crippen molar-refractivity contribution in [3.8, 4) is 0 Å². The molecular weight excluding hydrogens is 454 g/mol. The van der Waals surface area contributed by atoms with Gasteiger partial charge in [-0.2, -0.15) is 0 Å². The number of carbonyl (C=O) groups excluding carboxylic acids is 1. The fraction of sp³-hybridized carbons (Fsp3) is 0.519. The lowest BCUT2D eigenvalue weighted by Gasteiger charge is -2.45. The molecule has 1 amide bonds. The van der Waals surface area contributed by atoms with Gasteiger partial charge >= 0.3 is 0 Å². The number of aliphatic hydroxyl groups excluding tert-OH is 1. The van der Waals surface area contributed by atoms with E-state index < -0.39 is 35.1 Å². The Balaban J connectivity index is 1.51.